The average Bonchev–Trinajstić information content (AvgIpc) is 2.76. The number of aliphatic imine (C=N–C) groups is 1. The van der Waals surface area contributed by atoms with Crippen LogP contribution < -0.4 is 11.5 Å². The molecule has 1 rings (SSSR count). The summed E-state index contributed by atoms with van der Waals surface area (Å²) in [5, 5.41) is 2.38. The Bertz CT molecular complexity index is 357. The molecular formula is C10H16N4OS. The molecule has 88 valence electrons. The van der Waals surface area contributed by atoms with E-state index in [0.717, 1.165) is 12.8 Å². The van der Waals surface area contributed by atoms with Crippen LogP contribution in [-0.4, -0.2) is 23.3 Å². The Hall–Kier alpha value is -1.43. The van der Waals surface area contributed by atoms with Crippen molar-refractivity contribution in [3.63, 3.8) is 0 Å². The molecule has 0 spiro atoms. The second-order valence-corrected chi connectivity index (χ2v) is 4.45. The summed E-state index contributed by atoms with van der Waals surface area (Å²) < 4.78 is 0. The highest BCUT2D eigenvalue weighted by atomic mass is 32.1. The van der Waals surface area contributed by atoms with Crippen molar-refractivity contribution >= 4 is 23.1 Å². The van der Waals surface area contributed by atoms with Crippen LogP contribution in [0.2, 0.25) is 0 Å². The van der Waals surface area contributed by atoms with Crippen LogP contribution in [0, 0.1) is 5.92 Å². The molecule has 0 unspecified atom stereocenters. The van der Waals surface area contributed by atoms with Crippen molar-refractivity contribution in [1.82, 2.24) is 4.98 Å². The number of thiazole rings is 1. The number of hydrogen-bond acceptors (Lipinski definition) is 4. The number of nitrogens with zero attached hydrogens (tertiary/aromatic N) is 2. The lowest BCUT2D eigenvalue weighted by molar-refractivity contribution is 0.0923. The van der Waals surface area contributed by atoms with Crippen molar-refractivity contribution in [2.45, 2.75) is 19.8 Å². The van der Waals surface area contributed by atoms with Crippen LogP contribution in [0.5, 0.6) is 0 Å². The molecule has 0 aliphatic carbocycles. The SMILES string of the molecule is C[C@@H](CCCN=C(N)N)C(=O)c1nccs1. The van der Waals surface area contributed by atoms with Crippen molar-refractivity contribution in [2.75, 3.05) is 6.54 Å². The molecule has 0 radical (unpaired) electrons. The molecule has 0 aliphatic heterocycles. The van der Waals surface area contributed by atoms with E-state index in [0.29, 0.717) is 11.6 Å². The number of nitrogens with two attached hydrogens (primary N) is 2. The minimum absolute atomic E-state index is 0.0275. The van der Waals surface area contributed by atoms with Gasteiger partial charge in [0.25, 0.3) is 0 Å². The average molecular weight is 240 g/mol. The highest BCUT2D eigenvalue weighted by Gasteiger charge is 2.16. The van der Waals surface area contributed by atoms with Crippen LogP contribution in [0.1, 0.15) is 29.6 Å². The monoisotopic (exact) mass is 240 g/mol. The maximum absolute atomic E-state index is 11.8. The molecule has 1 heterocycles. The standard InChI is InChI=1S/C10H16N4OS/c1-7(3-2-4-14-10(11)12)8(15)9-13-5-6-16-9/h5-7H,2-4H2,1H3,(H4,11,12,14)/t7-/m0/s1. The molecule has 5 nitrogen and oxygen atoms in total. The molecule has 0 bridgehead atoms. The minimum atomic E-state index is -0.0275. The summed E-state index contributed by atoms with van der Waals surface area (Å²) in [6.07, 6.45) is 3.22. The van der Waals surface area contributed by atoms with Gasteiger partial charge in [-0.2, -0.15) is 0 Å². The van der Waals surface area contributed by atoms with Crippen molar-refractivity contribution in [3.8, 4) is 0 Å². The molecule has 0 saturated carbocycles. The first-order chi connectivity index (χ1) is 7.61. The van der Waals surface area contributed by atoms with Gasteiger partial charge in [-0.05, 0) is 12.8 Å². The molecule has 1 aromatic heterocycles. The maximum atomic E-state index is 11.8. The van der Waals surface area contributed by atoms with Gasteiger partial charge >= 0.3 is 0 Å². The lowest BCUT2D eigenvalue weighted by Crippen LogP contribution is -2.23. The Morgan fingerprint density at radius 2 is 2.38 bits per heavy atom. The summed E-state index contributed by atoms with van der Waals surface area (Å²) in [5.41, 5.74) is 10.4. The van der Waals surface area contributed by atoms with Gasteiger partial charge < -0.3 is 11.5 Å². The lowest BCUT2D eigenvalue weighted by Gasteiger charge is -2.06. The quantitative estimate of drug-likeness (QED) is 0.336. The first-order valence-corrected chi connectivity index (χ1v) is 5.98. The van der Waals surface area contributed by atoms with Gasteiger partial charge in [-0.15, -0.1) is 11.3 Å². The minimum Gasteiger partial charge on any atom is -0.370 e. The molecule has 6 heteroatoms. The molecule has 1 atom stereocenters. The summed E-state index contributed by atoms with van der Waals surface area (Å²) >= 11 is 1.38. The Morgan fingerprint density at radius 1 is 1.62 bits per heavy atom. The zero-order valence-corrected chi connectivity index (χ0v) is 10.0. The van der Waals surface area contributed by atoms with E-state index in [1.807, 2.05) is 6.92 Å². The number of hydrogen-bond donors (Lipinski definition) is 2. The number of rotatable bonds is 6. The van der Waals surface area contributed by atoms with Gasteiger partial charge in [-0.3, -0.25) is 9.79 Å². The number of carbonyl (C=O) groups is 1. The first kappa shape index (κ1) is 12.6. The number of guanidine groups is 1. The fraction of sp³-hybridized carbons (Fsp3) is 0.500. The summed E-state index contributed by atoms with van der Waals surface area (Å²) in [5.74, 6) is 0.166. The van der Waals surface area contributed by atoms with Crippen molar-refractivity contribution in [2.24, 2.45) is 22.4 Å². The Balaban J connectivity index is 2.33. The molecule has 4 N–H and O–H groups in total. The van der Waals surface area contributed by atoms with E-state index in [-0.39, 0.29) is 17.7 Å². The van der Waals surface area contributed by atoms with Crippen LogP contribution in [0.25, 0.3) is 0 Å². The van der Waals surface area contributed by atoms with Gasteiger partial charge in [0.2, 0.25) is 0 Å². The van der Waals surface area contributed by atoms with Gasteiger partial charge in [0.1, 0.15) is 0 Å². The molecule has 0 amide bonds. The maximum Gasteiger partial charge on any atom is 0.194 e. The molecule has 0 saturated heterocycles. The van der Waals surface area contributed by atoms with Gasteiger partial charge in [0.05, 0.1) is 0 Å². The Labute approximate surface area is 98.6 Å². The molecule has 0 aromatic carbocycles. The summed E-state index contributed by atoms with van der Waals surface area (Å²) in [6, 6.07) is 0. The van der Waals surface area contributed by atoms with E-state index in [1.165, 1.54) is 11.3 Å². The Morgan fingerprint density at radius 3 is 2.94 bits per heavy atom. The number of ketones is 1. The molecule has 16 heavy (non-hydrogen) atoms. The molecular weight excluding hydrogens is 224 g/mol. The zero-order chi connectivity index (χ0) is 12.0. The fourth-order valence-electron chi connectivity index (χ4n) is 1.29. The topological polar surface area (TPSA) is 94.4 Å². The predicted molar refractivity (Wildman–Crippen MR) is 65.5 cm³/mol. The molecule has 0 aliphatic rings. The third kappa shape index (κ3) is 3.98. The fourth-order valence-corrected chi connectivity index (χ4v) is 1.98. The number of carbonyl (C=O) groups excluding carboxylic acids is 1. The summed E-state index contributed by atoms with van der Waals surface area (Å²) in [4.78, 5) is 19.7. The van der Waals surface area contributed by atoms with E-state index < -0.39 is 0 Å². The third-order valence-corrected chi connectivity index (χ3v) is 2.97. The summed E-state index contributed by atoms with van der Waals surface area (Å²) in [6.45, 7) is 2.47. The van der Waals surface area contributed by atoms with Crippen LogP contribution in [0.4, 0.5) is 0 Å². The predicted octanol–water partition coefficient (Wildman–Crippen LogP) is 1.02. The van der Waals surface area contributed by atoms with Gasteiger partial charge in [-0.25, -0.2) is 4.98 Å². The largest absolute Gasteiger partial charge is 0.370 e. The van der Waals surface area contributed by atoms with Crippen molar-refractivity contribution in [1.29, 1.82) is 0 Å². The molecule has 1 aromatic rings. The van der Waals surface area contributed by atoms with Crippen LogP contribution >= 0.6 is 11.3 Å². The second-order valence-electron chi connectivity index (χ2n) is 3.55. The lowest BCUT2D eigenvalue weighted by atomic mass is 10.0. The van der Waals surface area contributed by atoms with Crippen LogP contribution in [-0.2, 0) is 0 Å². The van der Waals surface area contributed by atoms with Gasteiger partial charge in [-0.1, -0.05) is 6.92 Å². The zero-order valence-electron chi connectivity index (χ0n) is 9.22. The van der Waals surface area contributed by atoms with Gasteiger partial charge in [0.15, 0.2) is 16.8 Å². The van der Waals surface area contributed by atoms with Crippen LogP contribution in [0.3, 0.4) is 0 Å². The van der Waals surface area contributed by atoms with E-state index in [2.05, 4.69) is 9.98 Å². The summed E-state index contributed by atoms with van der Waals surface area (Å²) in [7, 11) is 0. The Kier molecular flexibility index (Phi) is 4.91. The van der Waals surface area contributed by atoms with E-state index in [9.17, 15) is 4.79 Å². The smallest absolute Gasteiger partial charge is 0.194 e. The van der Waals surface area contributed by atoms with E-state index in [4.69, 9.17) is 11.5 Å². The van der Waals surface area contributed by atoms with E-state index >= 15 is 0 Å². The number of Topliss-reactive ketones (excluding diaryl/α,β-unsaturated/α-hetero) is 1. The highest BCUT2D eigenvalue weighted by Crippen LogP contribution is 2.15. The normalized spacial score (nSPS) is 12.1. The molecule has 0 fully saturated rings. The number of aromatic nitrogens is 1. The highest BCUT2D eigenvalue weighted by molar-refractivity contribution is 7.11. The third-order valence-electron chi connectivity index (χ3n) is 2.18. The van der Waals surface area contributed by atoms with E-state index in [1.54, 1.807) is 11.6 Å². The van der Waals surface area contributed by atoms with Crippen LogP contribution in [0.15, 0.2) is 16.6 Å². The van der Waals surface area contributed by atoms with Crippen molar-refractivity contribution < 1.29 is 4.79 Å². The van der Waals surface area contributed by atoms with Crippen molar-refractivity contribution in [3.05, 3.63) is 16.6 Å². The second kappa shape index (κ2) is 6.22. The first-order valence-electron chi connectivity index (χ1n) is 5.10. The van der Waals surface area contributed by atoms with Gasteiger partial charge in [0, 0.05) is 24.0 Å².